The molecule has 1 heterocycles. The van der Waals surface area contributed by atoms with Crippen molar-refractivity contribution in [1.29, 1.82) is 0 Å². The van der Waals surface area contributed by atoms with Gasteiger partial charge in [-0.2, -0.15) is 0 Å². The van der Waals surface area contributed by atoms with Crippen LogP contribution < -0.4 is 4.72 Å². The minimum atomic E-state index is -3.88. The number of sulfonamides is 1. The molecular weight excluding hydrogens is 480 g/mol. The van der Waals surface area contributed by atoms with Crippen molar-refractivity contribution in [3.63, 3.8) is 0 Å². The number of nitrogens with zero attached hydrogens (tertiary/aromatic N) is 1. The lowest BCUT2D eigenvalue weighted by molar-refractivity contribution is 0.0598. The van der Waals surface area contributed by atoms with Crippen molar-refractivity contribution < 1.29 is 17.9 Å². The van der Waals surface area contributed by atoms with Crippen LogP contribution in [0.5, 0.6) is 0 Å². The molecule has 0 fully saturated rings. The number of nitrogens with one attached hydrogen (secondary N) is 1. The highest BCUT2D eigenvalue weighted by Crippen LogP contribution is 2.27. The normalized spacial score (nSPS) is 11.5. The Kier molecular flexibility index (Phi) is 7.42. The molecule has 4 rings (SSSR count). The van der Waals surface area contributed by atoms with Crippen LogP contribution in [0.15, 0.2) is 88.7 Å². The Morgan fingerprint density at radius 2 is 1.74 bits per heavy atom. The molecule has 35 heavy (non-hydrogen) atoms. The summed E-state index contributed by atoms with van der Waals surface area (Å²) in [6.45, 7) is 3.87. The fraction of sp³-hybridized carbons (Fsp3) is 0.185. The Hall–Kier alpha value is -3.36. The first-order valence-electron chi connectivity index (χ1n) is 11.1. The largest absolute Gasteiger partial charge is 0.465 e. The molecule has 1 aromatic heterocycles. The van der Waals surface area contributed by atoms with Gasteiger partial charge in [-0.15, -0.1) is 11.8 Å². The van der Waals surface area contributed by atoms with Crippen molar-refractivity contribution in [2.45, 2.75) is 35.3 Å². The zero-order valence-electron chi connectivity index (χ0n) is 19.7. The third-order valence-electron chi connectivity index (χ3n) is 5.51. The second kappa shape index (κ2) is 10.5. The number of rotatable bonds is 8. The van der Waals surface area contributed by atoms with Crippen LogP contribution in [0, 0.1) is 0 Å². The van der Waals surface area contributed by atoms with E-state index in [0.29, 0.717) is 11.4 Å². The molecule has 0 aliphatic rings. The number of ether oxygens (including phenoxy) is 1. The Morgan fingerprint density at radius 3 is 2.46 bits per heavy atom. The van der Waals surface area contributed by atoms with Crippen molar-refractivity contribution in [1.82, 2.24) is 4.98 Å². The molecule has 0 bridgehead atoms. The number of thioether (sulfide) groups is 1. The molecule has 0 aliphatic carbocycles. The molecular formula is C27H26N2O4S2. The van der Waals surface area contributed by atoms with Gasteiger partial charge in [0.2, 0.25) is 0 Å². The van der Waals surface area contributed by atoms with Crippen LogP contribution in [0.1, 0.15) is 41.4 Å². The summed E-state index contributed by atoms with van der Waals surface area (Å²) in [7, 11) is -2.60. The first kappa shape index (κ1) is 24.8. The van der Waals surface area contributed by atoms with Gasteiger partial charge in [-0.25, -0.2) is 13.2 Å². The number of anilines is 1. The number of hydrogen-bond acceptors (Lipinski definition) is 6. The summed E-state index contributed by atoms with van der Waals surface area (Å²) in [6, 6.07) is 23.8. The molecule has 0 saturated carbocycles. The van der Waals surface area contributed by atoms with Gasteiger partial charge in [0, 0.05) is 21.7 Å². The third-order valence-corrected chi connectivity index (χ3v) is 7.94. The van der Waals surface area contributed by atoms with Gasteiger partial charge in [0.1, 0.15) is 0 Å². The third kappa shape index (κ3) is 5.83. The van der Waals surface area contributed by atoms with Gasteiger partial charge < -0.3 is 4.74 Å². The Morgan fingerprint density at radius 1 is 1.00 bits per heavy atom. The van der Waals surface area contributed by atoms with Crippen LogP contribution in [0.4, 0.5) is 5.69 Å². The number of carbonyl (C=O) groups excluding carboxylic acids is 1. The summed E-state index contributed by atoms with van der Waals surface area (Å²) < 4.78 is 33.4. The topological polar surface area (TPSA) is 85.4 Å². The smallest absolute Gasteiger partial charge is 0.338 e. The van der Waals surface area contributed by atoms with E-state index in [0.717, 1.165) is 27.1 Å². The maximum absolute atomic E-state index is 13.0. The lowest BCUT2D eigenvalue weighted by Gasteiger charge is -2.14. The second-order valence-corrected chi connectivity index (χ2v) is 11.0. The molecule has 180 valence electrons. The van der Waals surface area contributed by atoms with Crippen LogP contribution in [0.25, 0.3) is 10.9 Å². The van der Waals surface area contributed by atoms with E-state index < -0.39 is 16.0 Å². The molecule has 4 aromatic rings. The predicted octanol–water partition coefficient (Wildman–Crippen LogP) is 6.24. The van der Waals surface area contributed by atoms with E-state index >= 15 is 0 Å². The van der Waals surface area contributed by atoms with E-state index in [1.807, 2.05) is 56.3 Å². The van der Waals surface area contributed by atoms with Gasteiger partial charge in [-0.05, 0) is 60.0 Å². The molecule has 6 nitrogen and oxygen atoms in total. The molecule has 1 N–H and O–H groups in total. The first-order chi connectivity index (χ1) is 16.8. The van der Waals surface area contributed by atoms with E-state index in [1.54, 1.807) is 30.0 Å². The summed E-state index contributed by atoms with van der Waals surface area (Å²) >= 11 is 1.63. The van der Waals surface area contributed by atoms with Crippen LogP contribution in [-0.4, -0.2) is 26.5 Å². The van der Waals surface area contributed by atoms with E-state index in [1.165, 1.54) is 19.2 Å². The molecule has 0 radical (unpaired) electrons. The molecule has 0 amide bonds. The molecule has 0 atom stereocenters. The number of hydrogen-bond donors (Lipinski definition) is 1. The number of carbonyl (C=O) groups is 1. The number of para-hydroxylation sites is 1. The molecule has 0 spiro atoms. The van der Waals surface area contributed by atoms with Crippen molar-refractivity contribution in [2.24, 2.45) is 0 Å². The zero-order chi connectivity index (χ0) is 25.0. The highest BCUT2D eigenvalue weighted by molar-refractivity contribution is 7.98. The SMILES string of the molecule is COC(=O)c1cc(S(=O)(=O)Nc2ccc(SCc3ccc4ccccc4n3)cc2)ccc1C(C)C. The number of esters is 1. The average molecular weight is 507 g/mol. The predicted molar refractivity (Wildman–Crippen MR) is 140 cm³/mol. The monoisotopic (exact) mass is 506 g/mol. The van der Waals surface area contributed by atoms with Gasteiger partial charge >= 0.3 is 5.97 Å². The summed E-state index contributed by atoms with van der Waals surface area (Å²) in [5, 5.41) is 1.11. The fourth-order valence-corrected chi connectivity index (χ4v) is 5.56. The Bertz CT molecular complexity index is 1470. The average Bonchev–Trinajstić information content (AvgIpc) is 2.87. The van der Waals surface area contributed by atoms with Crippen molar-refractivity contribution in [3.05, 3.63) is 95.7 Å². The van der Waals surface area contributed by atoms with Gasteiger partial charge in [-0.1, -0.05) is 44.2 Å². The quantitative estimate of drug-likeness (QED) is 0.225. The zero-order valence-corrected chi connectivity index (χ0v) is 21.3. The van der Waals surface area contributed by atoms with Crippen LogP contribution in [-0.2, 0) is 20.5 Å². The number of fused-ring (bicyclic) bond motifs is 1. The highest BCUT2D eigenvalue weighted by Gasteiger charge is 2.21. The van der Waals surface area contributed by atoms with Crippen molar-refractivity contribution in [2.75, 3.05) is 11.8 Å². The van der Waals surface area contributed by atoms with Gasteiger partial charge in [0.05, 0.1) is 28.8 Å². The van der Waals surface area contributed by atoms with Gasteiger partial charge in [0.15, 0.2) is 0 Å². The lowest BCUT2D eigenvalue weighted by Crippen LogP contribution is -2.15. The molecule has 8 heteroatoms. The fourth-order valence-electron chi connectivity index (χ4n) is 3.67. The van der Waals surface area contributed by atoms with Crippen molar-refractivity contribution in [3.8, 4) is 0 Å². The van der Waals surface area contributed by atoms with Crippen LogP contribution >= 0.6 is 11.8 Å². The van der Waals surface area contributed by atoms with Crippen molar-refractivity contribution >= 4 is 44.3 Å². The number of aromatic nitrogens is 1. The highest BCUT2D eigenvalue weighted by atomic mass is 32.2. The maximum Gasteiger partial charge on any atom is 0.338 e. The number of pyridine rings is 1. The van der Waals surface area contributed by atoms with Gasteiger partial charge in [0.25, 0.3) is 10.0 Å². The minimum absolute atomic E-state index is 0.00290. The number of methoxy groups -OCH3 is 1. The first-order valence-corrected chi connectivity index (χ1v) is 13.6. The maximum atomic E-state index is 13.0. The molecule has 3 aromatic carbocycles. The molecule has 0 saturated heterocycles. The van der Waals surface area contributed by atoms with E-state index in [9.17, 15) is 13.2 Å². The minimum Gasteiger partial charge on any atom is -0.465 e. The second-order valence-electron chi connectivity index (χ2n) is 8.31. The molecule has 0 aliphatic heterocycles. The summed E-state index contributed by atoms with van der Waals surface area (Å²) in [5.74, 6) is 0.186. The van der Waals surface area contributed by atoms with E-state index in [4.69, 9.17) is 4.74 Å². The Balaban J connectivity index is 1.46. The number of benzene rings is 3. The summed E-state index contributed by atoms with van der Waals surface area (Å²) in [6.07, 6.45) is 0. The van der Waals surface area contributed by atoms with Crippen LogP contribution in [0.3, 0.4) is 0 Å². The Labute approximate surface area is 209 Å². The summed E-state index contributed by atoms with van der Waals surface area (Å²) in [5.41, 5.74) is 3.36. The van der Waals surface area contributed by atoms with Crippen LogP contribution in [0.2, 0.25) is 0 Å². The molecule has 0 unspecified atom stereocenters. The summed E-state index contributed by atoms with van der Waals surface area (Å²) in [4.78, 5) is 17.9. The standard InChI is InChI=1S/C27H26N2O4S2/c1-18(2)24-15-14-23(16-25(24)27(30)33-3)35(31,32)29-20-10-12-22(13-11-20)34-17-21-9-8-19-6-4-5-7-26(19)28-21/h4-16,18,29H,17H2,1-3H3. The lowest BCUT2D eigenvalue weighted by atomic mass is 9.97. The van der Waals surface area contributed by atoms with E-state index in [2.05, 4.69) is 15.8 Å². The van der Waals surface area contributed by atoms with Gasteiger partial charge in [-0.3, -0.25) is 9.71 Å². The van der Waals surface area contributed by atoms with E-state index in [-0.39, 0.29) is 16.4 Å².